The molecule has 0 atom stereocenters. The number of imide groups is 1. The standard InChI is InChI=1S/C26H22N2O7S/c1-33-22-4-2-3-5-23(22)34-15-14-27-25(29)24(36-26(27)30)16-18-8-12-21(13-9-18)35-17-19-6-10-20(11-7-19)28(31)32/h2-13,16H,14-15,17H2,1H3/b24-16-. The highest BCUT2D eigenvalue weighted by Crippen LogP contribution is 2.33. The third kappa shape index (κ3) is 6.02. The van der Waals surface area contributed by atoms with Crippen LogP contribution in [0.2, 0.25) is 0 Å². The quantitative estimate of drug-likeness (QED) is 0.207. The van der Waals surface area contributed by atoms with Gasteiger partial charge in [0.1, 0.15) is 19.0 Å². The lowest BCUT2D eigenvalue weighted by molar-refractivity contribution is -0.384. The van der Waals surface area contributed by atoms with Gasteiger partial charge in [0, 0.05) is 12.1 Å². The number of amides is 2. The van der Waals surface area contributed by atoms with E-state index in [-0.39, 0.29) is 36.6 Å². The van der Waals surface area contributed by atoms with Crippen molar-refractivity contribution in [3.05, 3.63) is 98.9 Å². The first-order valence-electron chi connectivity index (χ1n) is 10.9. The molecule has 0 saturated carbocycles. The zero-order valence-electron chi connectivity index (χ0n) is 19.3. The fourth-order valence-corrected chi connectivity index (χ4v) is 4.23. The van der Waals surface area contributed by atoms with Crippen LogP contribution in [-0.2, 0) is 11.4 Å². The van der Waals surface area contributed by atoms with Gasteiger partial charge in [0.05, 0.1) is 23.5 Å². The van der Waals surface area contributed by atoms with Gasteiger partial charge in [0.25, 0.3) is 16.8 Å². The van der Waals surface area contributed by atoms with Gasteiger partial charge in [-0.2, -0.15) is 0 Å². The summed E-state index contributed by atoms with van der Waals surface area (Å²) in [6.45, 7) is 0.523. The van der Waals surface area contributed by atoms with E-state index in [1.807, 2.05) is 12.1 Å². The highest BCUT2D eigenvalue weighted by molar-refractivity contribution is 8.18. The molecule has 0 radical (unpaired) electrons. The topological polar surface area (TPSA) is 108 Å². The second-order valence-electron chi connectivity index (χ2n) is 7.61. The van der Waals surface area contributed by atoms with Crippen molar-refractivity contribution in [2.45, 2.75) is 6.61 Å². The summed E-state index contributed by atoms with van der Waals surface area (Å²) in [6, 6.07) is 20.4. The number of carbonyl (C=O) groups is 2. The maximum atomic E-state index is 12.7. The van der Waals surface area contributed by atoms with Crippen molar-refractivity contribution in [2.75, 3.05) is 20.3 Å². The third-order valence-electron chi connectivity index (χ3n) is 5.25. The Morgan fingerprint density at radius 1 is 0.944 bits per heavy atom. The number of nitro benzene ring substituents is 1. The molecule has 0 bridgehead atoms. The maximum absolute atomic E-state index is 12.7. The predicted molar refractivity (Wildman–Crippen MR) is 135 cm³/mol. The van der Waals surface area contributed by atoms with E-state index in [1.165, 1.54) is 12.1 Å². The molecule has 1 aliphatic rings. The number of hydrogen-bond donors (Lipinski definition) is 0. The summed E-state index contributed by atoms with van der Waals surface area (Å²) in [7, 11) is 1.54. The second-order valence-corrected chi connectivity index (χ2v) is 8.61. The van der Waals surface area contributed by atoms with Crippen LogP contribution in [-0.4, -0.2) is 41.2 Å². The van der Waals surface area contributed by atoms with Gasteiger partial charge >= 0.3 is 0 Å². The molecule has 184 valence electrons. The van der Waals surface area contributed by atoms with Crippen LogP contribution in [0.5, 0.6) is 17.2 Å². The Morgan fingerprint density at radius 3 is 2.31 bits per heavy atom. The van der Waals surface area contributed by atoms with Crippen LogP contribution < -0.4 is 14.2 Å². The van der Waals surface area contributed by atoms with E-state index < -0.39 is 4.92 Å². The number of rotatable bonds is 10. The van der Waals surface area contributed by atoms with Gasteiger partial charge in [0.2, 0.25) is 0 Å². The van der Waals surface area contributed by atoms with E-state index in [9.17, 15) is 19.7 Å². The van der Waals surface area contributed by atoms with Gasteiger partial charge in [0.15, 0.2) is 11.5 Å². The lowest BCUT2D eigenvalue weighted by Gasteiger charge is -2.14. The molecule has 0 N–H and O–H groups in total. The molecule has 1 fully saturated rings. The molecule has 36 heavy (non-hydrogen) atoms. The predicted octanol–water partition coefficient (Wildman–Crippen LogP) is 5.30. The van der Waals surface area contributed by atoms with Crippen LogP contribution >= 0.6 is 11.8 Å². The van der Waals surface area contributed by atoms with Gasteiger partial charge in [-0.3, -0.25) is 24.6 Å². The van der Waals surface area contributed by atoms with Gasteiger partial charge < -0.3 is 14.2 Å². The average Bonchev–Trinajstić information content (AvgIpc) is 3.16. The fraction of sp³-hybridized carbons (Fsp3) is 0.154. The van der Waals surface area contributed by atoms with Crippen molar-refractivity contribution in [2.24, 2.45) is 0 Å². The number of hydrogen-bond acceptors (Lipinski definition) is 8. The lowest BCUT2D eigenvalue weighted by atomic mass is 10.2. The van der Waals surface area contributed by atoms with E-state index in [0.717, 1.165) is 27.8 Å². The second kappa shape index (κ2) is 11.4. The molecule has 10 heteroatoms. The number of ether oxygens (including phenoxy) is 3. The zero-order chi connectivity index (χ0) is 25.5. The van der Waals surface area contributed by atoms with E-state index >= 15 is 0 Å². The Labute approximate surface area is 211 Å². The monoisotopic (exact) mass is 506 g/mol. The maximum Gasteiger partial charge on any atom is 0.293 e. The zero-order valence-corrected chi connectivity index (χ0v) is 20.1. The van der Waals surface area contributed by atoms with Crippen LogP contribution in [0.15, 0.2) is 77.7 Å². The van der Waals surface area contributed by atoms with Crippen molar-refractivity contribution in [3.63, 3.8) is 0 Å². The molecule has 1 saturated heterocycles. The molecular formula is C26H22N2O7S. The first-order chi connectivity index (χ1) is 17.4. The summed E-state index contributed by atoms with van der Waals surface area (Å²) < 4.78 is 16.6. The van der Waals surface area contributed by atoms with Crippen LogP contribution in [0.1, 0.15) is 11.1 Å². The lowest BCUT2D eigenvalue weighted by Crippen LogP contribution is -2.32. The number of methoxy groups -OCH3 is 1. The van der Waals surface area contributed by atoms with E-state index in [0.29, 0.717) is 22.2 Å². The number of nitro groups is 1. The van der Waals surface area contributed by atoms with E-state index in [1.54, 1.807) is 61.7 Å². The van der Waals surface area contributed by atoms with Gasteiger partial charge in [-0.1, -0.05) is 24.3 Å². The number of carbonyl (C=O) groups excluding carboxylic acids is 2. The molecular weight excluding hydrogens is 484 g/mol. The third-order valence-corrected chi connectivity index (χ3v) is 6.15. The number of para-hydroxylation sites is 2. The smallest absolute Gasteiger partial charge is 0.293 e. The molecule has 1 aliphatic heterocycles. The van der Waals surface area contributed by atoms with Crippen molar-refractivity contribution in [3.8, 4) is 17.2 Å². The number of nitrogens with zero attached hydrogens (tertiary/aromatic N) is 2. The molecule has 0 aromatic heterocycles. The van der Waals surface area contributed by atoms with Gasteiger partial charge in [-0.15, -0.1) is 0 Å². The van der Waals surface area contributed by atoms with E-state index in [2.05, 4.69) is 0 Å². The molecule has 9 nitrogen and oxygen atoms in total. The van der Waals surface area contributed by atoms with Crippen LogP contribution in [0.3, 0.4) is 0 Å². The molecule has 1 heterocycles. The Balaban J connectivity index is 1.31. The fourth-order valence-electron chi connectivity index (χ4n) is 3.37. The molecule has 3 aromatic rings. The largest absolute Gasteiger partial charge is 0.493 e. The first kappa shape index (κ1) is 24.8. The SMILES string of the molecule is COc1ccccc1OCCN1C(=O)S/C(=C\c2ccc(OCc3ccc([N+](=O)[O-])cc3)cc2)C1=O. The summed E-state index contributed by atoms with van der Waals surface area (Å²) in [5.74, 6) is 1.35. The highest BCUT2D eigenvalue weighted by Gasteiger charge is 2.34. The highest BCUT2D eigenvalue weighted by atomic mass is 32.2. The van der Waals surface area contributed by atoms with Gasteiger partial charge in [-0.25, -0.2) is 0 Å². The van der Waals surface area contributed by atoms with Crippen molar-refractivity contribution >= 4 is 34.7 Å². The Kier molecular flexibility index (Phi) is 7.86. The minimum atomic E-state index is -0.450. The minimum absolute atomic E-state index is 0.0245. The molecule has 0 spiro atoms. The molecule has 0 aliphatic carbocycles. The summed E-state index contributed by atoms with van der Waals surface area (Å²) in [5.41, 5.74) is 1.57. The van der Waals surface area contributed by atoms with Gasteiger partial charge in [-0.05, 0) is 65.4 Å². The number of thioether (sulfide) groups is 1. The summed E-state index contributed by atoms with van der Waals surface area (Å²) in [4.78, 5) is 36.9. The van der Waals surface area contributed by atoms with Crippen LogP contribution in [0.4, 0.5) is 10.5 Å². The summed E-state index contributed by atoms with van der Waals surface area (Å²) >= 11 is 0.885. The van der Waals surface area contributed by atoms with Crippen molar-refractivity contribution < 1.29 is 28.7 Å². The van der Waals surface area contributed by atoms with Crippen molar-refractivity contribution in [1.29, 1.82) is 0 Å². The number of benzene rings is 3. The Bertz CT molecular complexity index is 1290. The van der Waals surface area contributed by atoms with Crippen LogP contribution in [0, 0.1) is 10.1 Å². The van der Waals surface area contributed by atoms with Crippen LogP contribution in [0.25, 0.3) is 6.08 Å². The summed E-state index contributed by atoms with van der Waals surface area (Å²) in [6.07, 6.45) is 1.66. The Hall–Kier alpha value is -4.31. The average molecular weight is 507 g/mol. The molecule has 2 amide bonds. The molecule has 4 rings (SSSR count). The molecule has 0 unspecified atom stereocenters. The number of non-ortho nitro benzene ring substituents is 1. The minimum Gasteiger partial charge on any atom is -0.493 e. The van der Waals surface area contributed by atoms with Crippen molar-refractivity contribution in [1.82, 2.24) is 4.90 Å². The van der Waals surface area contributed by atoms with E-state index in [4.69, 9.17) is 14.2 Å². The molecule has 3 aromatic carbocycles. The summed E-state index contributed by atoms with van der Waals surface area (Å²) in [5, 5.41) is 10.4. The first-order valence-corrected chi connectivity index (χ1v) is 11.7. The Morgan fingerprint density at radius 2 is 1.64 bits per heavy atom. The normalized spacial score (nSPS) is 14.2.